The standard InChI is InChI=1S/C21H34N4O2S/c1-20(2,22)18(27)25-8-6-13(7-9-25)12-21(3)17(26)24-19(28-21)23-16-11-14-4-5-15(16)10-14/h13-16H,4-12,22H2,1-3H3,(H,23,24,26)/t14-,15+,16+,21?/m1/s1. The number of piperidine rings is 1. The summed E-state index contributed by atoms with van der Waals surface area (Å²) in [7, 11) is 0. The van der Waals surface area contributed by atoms with E-state index in [0.717, 1.165) is 49.4 Å². The lowest BCUT2D eigenvalue weighted by Gasteiger charge is -2.37. The number of aliphatic imine (C=N–C) groups is 1. The molecule has 4 atom stereocenters. The van der Waals surface area contributed by atoms with Crippen LogP contribution in [0.25, 0.3) is 0 Å². The van der Waals surface area contributed by atoms with Crippen molar-refractivity contribution in [3.8, 4) is 0 Å². The number of likely N-dealkylation sites (tertiary alicyclic amines) is 1. The lowest BCUT2D eigenvalue weighted by Crippen LogP contribution is -2.53. The van der Waals surface area contributed by atoms with Gasteiger partial charge in [-0.05, 0) is 77.0 Å². The van der Waals surface area contributed by atoms with Crippen LogP contribution in [0.3, 0.4) is 0 Å². The van der Waals surface area contributed by atoms with Crippen LogP contribution >= 0.6 is 11.8 Å². The number of thioether (sulfide) groups is 1. The second-order valence-corrected chi connectivity index (χ2v) is 11.6. The molecule has 2 amide bonds. The maximum atomic E-state index is 12.7. The van der Waals surface area contributed by atoms with Crippen LogP contribution in [0.1, 0.15) is 65.7 Å². The summed E-state index contributed by atoms with van der Waals surface area (Å²) in [6.45, 7) is 7.03. The fourth-order valence-electron chi connectivity index (χ4n) is 5.56. The topological polar surface area (TPSA) is 87.8 Å². The Morgan fingerprint density at radius 3 is 2.57 bits per heavy atom. The van der Waals surface area contributed by atoms with Gasteiger partial charge in [0.1, 0.15) is 4.75 Å². The van der Waals surface area contributed by atoms with Gasteiger partial charge in [-0.1, -0.05) is 18.2 Å². The Kier molecular flexibility index (Phi) is 5.28. The molecule has 1 saturated heterocycles. The van der Waals surface area contributed by atoms with E-state index < -0.39 is 10.3 Å². The number of fused-ring (bicyclic) bond motifs is 2. The Labute approximate surface area is 172 Å². The minimum Gasteiger partial charge on any atom is -0.361 e. The van der Waals surface area contributed by atoms with Crippen molar-refractivity contribution in [2.24, 2.45) is 28.5 Å². The van der Waals surface area contributed by atoms with Gasteiger partial charge < -0.3 is 16.0 Å². The molecular formula is C21H34N4O2S. The fourth-order valence-corrected chi connectivity index (χ4v) is 6.78. The van der Waals surface area contributed by atoms with Gasteiger partial charge in [0.2, 0.25) is 5.91 Å². The fraction of sp³-hybridized carbons (Fsp3) is 0.857. The van der Waals surface area contributed by atoms with Gasteiger partial charge >= 0.3 is 0 Å². The van der Waals surface area contributed by atoms with Gasteiger partial charge in [0.25, 0.3) is 5.91 Å². The number of hydrogen-bond acceptors (Lipinski definition) is 5. The lowest BCUT2D eigenvalue weighted by atomic mass is 9.86. The molecule has 7 heteroatoms. The highest BCUT2D eigenvalue weighted by molar-refractivity contribution is 8.16. The Bertz CT molecular complexity index is 680. The monoisotopic (exact) mass is 406 g/mol. The summed E-state index contributed by atoms with van der Waals surface area (Å²) >= 11 is 1.63. The first-order valence-electron chi connectivity index (χ1n) is 10.8. The van der Waals surface area contributed by atoms with Crippen molar-refractivity contribution >= 4 is 28.7 Å². The third kappa shape index (κ3) is 3.97. The molecular weight excluding hydrogens is 372 g/mol. The van der Waals surface area contributed by atoms with Crippen LogP contribution in [0, 0.1) is 17.8 Å². The van der Waals surface area contributed by atoms with Crippen LogP contribution < -0.4 is 11.1 Å². The van der Waals surface area contributed by atoms with Crippen molar-refractivity contribution in [3.05, 3.63) is 0 Å². The van der Waals surface area contributed by atoms with Gasteiger partial charge in [-0.15, -0.1) is 0 Å². The Morgan fingerprint density at radius 2 is 2.00 bits per heavy atom. The Hall–Kier alpha value is -1.08. The minimum atomic E-state index is -0.815. The molecule has 2 aliphatic heterocycles. The molecule has 2 aliphatic carbocycles. The van der Waals surface area contributed by atoms with E-state index >= 15 is 0 Å². The molecule has 2 bridgehead atoms. The minimum absolute atomic E-state index is 0.00440. The number of carbonyl (C=O) groups excluding carboxylic acids is 2. The molecule has 6 nitrogen and oxygen atoms in total. The molecule has 0 spiro atoms. The van der Waals surface area contributed by atoms with Crippen molar-refractivity contribution in [1.29, 1.82) is 0 Å². The van der Waals surface area contributed by atoms with Crippen LogP contribution in [0.5, 0.6) is 0 Å². The quantitative estimate of drug-likeness (QED) is 0.749. The first-order valence-corrected chi connectivity index (χ1v) is 11.6. The number of nitrogens with two attached hydrogens (primary N) is 1. The number of nitrogens with one attached hydrogen (secondary N) is 1. The normalized spacial score (nSPS) is 36.1. The molecule has 2 saturated carbocycles. The van der Waals surface area contributed by atoms with E-state index in [1.54, 1.807) is 25.6 Å². The van der Waals surface area contributed by atoms with Crippen molar-refractivity contribution in [2.75, 3.05) is 13.1 Å². The summed E-state index contributed by atoms with van der Waals surface area (Å²) < 4.78 is -0.468. The maximum absolute atomic E-state index is 12.7. The molecule has 1 unspecified atom stereocenters. The van der Waals surface area contributed by atoms with Crippen molar-refractivity contribution in [2.45, 2.75) is 82.0 Å². The zero-order valence-corrected chi connectivity index (χ0v) is 18.2. The van der Waals surface area contributed by atoms with Gasteiger partial charge in [0.15, 0.2) is 5.17 Å². The summed E-state index contributed by atoms with van der Waals surface area (Å²) in [4.78, 5) is 31.3. The maximum Gasteiger partial charge on any atom is 0.264 e. The zero-order valence-electron chi connectivity index (χ0n) is 17.4. The van der Waals surface area contributed by atoms with Crippen molar-refractivity contribution in [3.63, 3.8) is 0 Å². The summed E-state index contributed by atoms with van der Waals surface area (Å²) in [6.07, 6.45) is 7.97. The van der Waals surface area contributed by atoms with E-state index in [9.17, 15) is 9.59 Å². The molecule has 0 aromatic carbocycles. The highest BCUT2D eigenvalue weighted by atomic mass is 32.2. The number of nitrogens with zero attached hydrogens (tertiary/aromatic N) is 2. The van der Waals surface area contributed by atoms with E-state index in [0.29, 0.717) is 12.0 Å². The number of carbonyl (C=O) groups is 2. The van der Waals surface area contributed by atoms with Gasteiger partial charge in [-0.25, -0.2) is 0 Å². The largest absolute Gasteiger partial charge is 0.361 e. The zero-order chi connectivity index (χ0) is 20.1. The molecule has 4 rings (SSSR count). The third-order valence-electron chi connectivity index (χ3n) is 7.16. The smallest absolute Gasteiger partial charge is 0.264 e. The molecule has 0 radical (unpaired) electrons. The average molecular weight is 407 g/mol. The predicted molar refractivity (Wildman–Crippen MR) is 113 cm³/mol. The van der Waals surface area contributed by atoms with Crippen molar-refractivity contribution in [1.82, 2.24) is 10.2 Å². The SMILES string of the molecule is CC(C)(N)C(=O)N1CCC(CC2(C)SC(N[C@H]3C[C@@H]4CC[C@H]3C4)=NC2=O)CC1. The van der Waals surface area contributed by atoms with Crippen LogP contribution in [-0.4, -0.2) is 51.3 Å². The number of amidine groups is 1. The predicted octanol–water partition coefficient (Wildman–Crippen LogP) is 2.52. The third-order valence-corrected chi connectivity index (χ3v) is 8.35. The van der Waals surface area contributed by atoms with Crippen LogP contribution in [-0.2, 0) is 9.59 Å². The van der Waals surface area contributed by atoms with Crippen LogP contribution in [0.4, 0.5) is 0 Å². The summed E-state index contributed by atoms with van der Waals surface area (Å²) in [5.41, 5.74) is 5.14. The van der Waals surface area contributed by atoms with Gasteiger partial charge in [-0.2, -0.15) is 4.99 Å². The second-order valence-electron chi connectivity index (χ2n) is 10.1. The molecule has 0 aromatic heterocycles. The highest BCUT2D eigenvalue weighted by Crippen LogP contribution is 2.46. The van der Waals surface area contributed by atoms with E-state index in [1.807, 2.05) is 11.8 Å². The van der Waals surface area contributed by atoms with E-state index in [-0.39, 0.29) is 11.8 Å². The van der Waals surface area contributed by atoms with Gasteiger partial charge in [0.05, 0.1) is 5.54 Å². The molecule has 28 heavy (non-hydrogen) atoms. The molecule has 156 valence electrons. The van der Waals surface area contributed by atoms with E-state index in [2.05, 4.69) is 10.3 Å². The van der Waals surface area contributed by atoms with E-state index in [4.69, 9.17) is 5.73 Å². The first kappa shape index (κ1) is 20.2. The molecule has 3 N–H and O–H groups in total. The van der Waals surface area contributed by atoms with Gasteiger partial charge in [0, 0.05) is 19.1 Å². The number of hydrogen-bond donors (Lipinski definition) is 2. The van der Waals surface area contributed by atoms with E-state index in [1.165, 1.54) is 25.7 Å². The molecule has 3 fully saturated rings. The second kappa shape index (κ2) is 7.31. The highest BCUT2D eigenvalue weighted by Gasteiger charge is 2.46. The first-order chi connectivity index (χ1) is 13.1. The van der Waals surface area contributed by atoms with Gasteiger partial charge in [-0.3, -0.25) is 9.59 Å². The Balaban J connectivity index is 1.28. The summed E-state index contributed by atoms with van der Waals surface area (Å²) in [6, 6.07) is 0.508. The van der Waals surface area contributed by atoms with Crippen molar-refractivity contribution < 1.29 is 9.59 Å². The average Bonchev–Trinajstić information content (AvgIpc) is 3.30. The number of amides is 2. The Morgan fingerprint density at radius 1 is 1.29 bits per heavy atom. The molecule has 0 aromatic rings. The number of rotatable bonds is 4. The van der Waals surface area contributed by atoms with Crippen LogP contribution in [0.2, 0.25) is 0 Å². The summed E-state index contributed by atoms with van der Waals surface area (Å²) in [5, 5.41) is 4.43. The molecule has 2 heterocycles. The molecule has 4 aliphatic rings. The summed E-state index contributed by atoms with van der Waals surface area (Å²) in [5.74, 6) is 2.12. The lowest BCUT2D eigenvalue weighted by molar-refractivity contribution is -0.137. The van der Waals surface area contributed by atoms with Crippen LogP contribution in [0.15, 0.2) is 4.99 Å².